The van der Waals surface area contributed by atoms with Gasteiger partial charge in [0.15, 0.2) is 0 Å². The van der Waals surface area contributed by atoms with Crippen LogP contribution in [-0.4, -0.2) is 49.8 Å². The van der Waals surface area contributed by atoms with E-state index in [-0.39, 0.29) is 23.7 Å². The molecule has 4 aliphatic rings. The number of rotatable bonds is 2. The molecule has 0 aromatic carbocycles. The minimum absolute atomic E-state index is 0.0626. The van der Waals surface area contributed by atoms with Crippen LogP contribution in [0, 0.1) is 35.5 Å². The van der Waals surface area contributed by atoms with Gasteiger partial charge < -0.3 is 9.80 Å². The first kappa shape index (κ1) is 12.9. The lowest BCUT2D eigenvalue weighted by Crippen LogP contribution is -2.53. The van der Waals surface area contributed by atoms with Crippen LogP contribution < -0.4 is 0 Å². The van der Waals surface area contributed by atoms with Crippen LogP contribution in [0.25, 0.3) is 0 Å². The standard InChI is InChI=1S/C15H24N2O2/c1-16(2)14(18)12-8-5-6-9(11-7-10(8)11)13(12)15(19)17(3)4/h8-13H,5-7H2,1-4H3/t8-,9-,10-,11-,12-,13+/m1/s1. The molecule has 0 aromatic rings. The van der Waals surface area contributed by atoms with Gasteiger partial charge in [-0.1, -0.05) is 0 Å². The largest absolute Gasteiger partial charge is 0.349 e. The molecule has 4 nitrogen and oxygen atoms in total. The zero-order chi connectivity index (χ0) is 13.9. The summed E-state index contributed by atoms with van der Waals surface area (Å²) in [6.07, 6.45) is 3.55. The van der Waals surface area contributed by atoms with Crippen molar-refractivity contribution in [3.8, 4) is 0 Å². The molecule has 2 bridgehead atoms. The molecular formula is C15H24N2O2. The molecular weight excluding hydrogens is 240 g/mol. The van der Waals surface area contributed by atoms with E-state index in [4.69, 9.17) is 0 Å². The van der Waals surface area contributed by atoms with E-state index in [0.29, 0.717) is 11.8 Å². The lowest BCUT2D eigenvalue weighted by molar-refractivity contribution is -0.155. The van der Waals surface area contributed by atoms with Crippen molar-refractivity contribution in [3.63, 3.8) is 0 Å². The molecule has 4 fully saturated rings. The van der Waals surface area contributed by atoms with E-state index < -0.39 is 0 Å². The molecule has 0 aromatic heterocycles. The van der Waals surface area contributed by atoms with Gasteiger partial charge in [-0.2, -0.15) is 0 Å². The summed E-state index contributed by atoms with van der Waals surface area (Å²) in [5, 5.41) is 0. The summed E-state index contributed by atoms with van der Waals surface area (Å²) in [6, 6.07) is 0. The topological polar surface area (TPSA) is 40.6 Å². The maximum atomic E-state index is 12.5. The van der Waals surface area contributed by atoms with Gasteiger partial charge in [-0.3, -0.25) is 9.59 Å². The summed E-state index contributed by atoms with van der Waals surface area (Å²) in [5.41, 5.74) is 0. The van der Waals surface area contributed by atoms with Crippen LogP contribution in [0.15, 0.2) is 0 Å². The van der Waals surface area contributed by atoms with Crippen LogP contribution in [0.3, 0.4) is 0 Å². The van der Waals surface area contributed by atoms with Gasteiger partial charge in [0, 0.05) is 28.2 Å². The van der Waals surface area contributed by atoms with Crippen molar-refractivity contribution >= 4 is 11.8 Å². The molecule has 19 heavy (non-hydrogen) atoms. The molecule has 0 N–H and O–H groups in total. The smallest absolute Gasteiger partial charge is 0.226 e. The highest BCUT2D eigenvalue weighted by Gasteiger charge is 2.64. The highest BCUT2D eigenvalue weighted by Crippen LogP contribution is 2.66. The van der Waals surface area contributed by atoms with E-state index in [9.17, 15) is 9.59 Å². The maximum Gasteiger partial charge on any atom is 0.226 e. The third-order valence-corrected chi connectivity index (χ3v) is 5.59. The Kier molecular flexibility index (Phi) is 2.88. The van der Waals surface area contributed by atoms with Crippen molar-refractivity contribution in [2.24, 2.45) is 35.5 Å². The molecule has 0 saturated heterocycles. The van der Waals surface area contributed by atoms with Crippen molar-refractivity contribution < 1.29 is 9.59 Å². The Bertz CT molecular complexity index is 380. The minimum atomic E-state index is -0.0626. The minimum Gasteiger partial charge on any atom is -0.349 e. The van der Waals surface area contributed by atoms with Crippen molar-refractivity contribution in [1.29, 1.82) is 0 Å². The zero-order valence-corrected chi connectivity index (χ0v) is 12.3. The number of carbonyl (C=O) groups is 2. The molecule has 2 amide bonds. The summed E-state index contributed by atoms with van der Waals surface area (Å²) in [4.78, 5) is 28.4. The first-order valence-corrected chi connectivity index (χ1v) is 7.35. The van der Waals surface area contributed by atoms with Gasteiger partial charge in [-0.05, 0) is 42.9 Å². The Balaban J connectivity index is 1.93. The second-order valence-corrected chi connectivity index (χ2v) is 6.99. The summed E-state index contributed by atoms with van der Waals surface area (Å²) in [7, 11) is 7.25. The molecule has 6 atom stereocenters. The van der Waals surface area contributed by atoms with Crippen molar-refractivity contribution in [2.45, 2.75) is 19.3 Å². The Morgan fingerprint density at radius 2 is 1.11 bits per heavy atom. The SMILES string of the molecule is CN(C)C(=O)[C@@H]1[C@@H]2CC[C@H]([C@H]3C[C@@H]32)[C@@H]1C(=O)N(C)C. The van der Waals surface area contributed by atoms with Crippen molar-refractivity contribution in [3.05, 3.63) is 0 Å². The molecule has 0 spiro atoms. The van der Waals surface area contributed by atoms with Gasteiger partial charge in [-0.15, -0.1) is 0 Å². The van der Waals surface area contributed by atoms with Crippen LogP contribution in [-0.2, 0) is 9.59 Å². The van der Waals surface area contributed by atoms with Gasteiger partial charge in [0.2, 0.25) is 11.8 Å². The van der Waals surface area contributed by atoms with E-state index in [1.807, 2.05) is 28.2 Å². The molecule has 4 saturated carbocycles. The predicted molar refractivity (Wildman–Crippen MR) is 72.2 cm³/mol. The maximum absolute atomic E-state index is 12.5. The third kappa shape index (κ3) is 1.79. The van der Waals surface area contributed by atoms with Crippen LogP contribution in [0.5, 0.6) is 0 Å². The fourth-order valence-electron chi connectivity index (χ4n) is 4.73. The summed E-state index contributed by atoms with van der Waals surface area (Å²) >= 11 is 0. The highest BCUT2D eigenvalue weighted by molar-refractivity contribution is 5.88. The third-order valence-electron chi connectivity index (χ3n) is 5.59. The monoisotopic (exact) mass is 264 g/mol. The van der Waals surface area contributed by atoms with Crippen LogP contribution in [0.4, 0.5) is 0 Å². The second-order valence-electron chi connectivity index (χ2n) is 6.99. The average Bonchev–Trinajstić information content (AvgIpc) is 3.17. The van der Waals surface area contributed by atoms with Gasteiger partial charge >= 0.3 is 0 Å². The van der Waals surface area contributed by atoms with Gasteiger partial charge in [-0.25, -0.2) is 0 Å². The first-order chi connectivity index (χ1) is 8.93. The fraction of sp³-hybridized carbons (Fsp3) is 0.867. The summed E-state index contributed by atoms with van der Waals surface area (Å²) < 4.78 is 0. The second kappa shape index (κ2) is 4.22. The van der Waals surface area contributed by atoms with E-state index in [1.54, 1.807) is 9.80 Å². The number of amides is 2. The lowest BCUT2D eigenvalue weighted by atomic mass is 9.58. The molecule has 0 heterocycles. The fourth-order valence-corrected chi connectivity index (χ4v) is 4.73. The first-order valence-electron chi connectivity index (χ1n) is 7.35. The number of nitrogens with zero attached hydrogens (tertiary/aromatic N) is 2. The van der Waals surface area contributed by atoms with Crippen molar-refractivity contribution in [2.75, 3.05) is 28.2 Å². The average molecular weight is 264 g/mol. The van der Waals surface area contributed by atoms with E-state index >= 15 is 0 Å². The van der Waals surface area contributed by atoms with E-state index in [1.165, 1.54) is 6.42 Å². The van der Waals surface area contributed by atoms with Gasteiger partial charge in [0.25, 0.3) is 0 Å². The van der Waals surface area contributed by atoms with Crippen molar-refractivity contribution in [1.82, 2.24) is 9.80 Å². The molecule has 4 rings (SSSR count). The zero-order valence-electron chi connectivity index (χ0n) is 12.3. The number of hydrogen-bond donors (Lipinski definition) is 0. The highest BCUT2D eigenvalue weighted by atomic mass is 16.2. The molecule has 4 aliphatic carbocycles. The van der Waals surface area contributed by atoms with Gasteiger partial charge in [0.1, 0.15) is 0 Å². The number of fused-ring (bicyclic) bond motifs is 2. The van der Waals surface area contributed by atoms with Crippen LogP contribution >= 0.6 is 0 Å². The van der Waals surface area contributed by atoms with E-state index in [0.717, 1.165) is 24.7 Å². The summed E-state index contributed by atoms with van der Waals surface area (Å²) in [6.45, 7) is 0. The number of carbonyl (C=O) groups excluding carboxylic acids is 2. The molecule has 0 unspecified atom stereocenters. The predicted octanol–water partition coefficient (Wildman–Crippen LogP) is 1.07. The van der Waals surface area contributed by atoms with Crippen LogP contribution in [0.2, 0.25) is 0 Å². The number of hydrogen-bond acceptors (Lipinski definition) is 2. The Hall–Kier alpha value is -1.06. The Labute approximate surface area is 115 Å². The molecule has 0 aliphatic heterocycles. The Morgan fingerprint density at radius 1 is 0.737 bits per heavy atom. The molecule has 106 valence electrons. The Morgan fingerprint density at radius 3 is 1.42 bits per heavy atom. The molecule has 4 heteroatoms. The lowest BCUT2D eigenvalue weighted by Gasteiger charge is -2.47. The summed E-state index contributed by atoms with van der Waals surface area (Å²) in [5.74, 6) is 2.59. The van der Waals surface area contributed by atoms with E-state index in [2.05, 4.69) is 0 Å². The normalized spacial score (nSPS) is 42.5. The van der Waals surface area contributed by atoms with Crippen LogP contribution in [0.1, 0.15) is 19.3 Å². The van der Waals surface area contributed by atoms with Gasteiger partial charge in [0.05, 0.1) is 11.8 Å². The molecule has 0 radical (unpaired) electrons. The quantitative estimate of drug-likeness (QED) is 0.748.